The number of para-hydroxylation sites is 2. The van der Waals surface area contributed by atoms with Gasteiger partial charge < -0.3 is 10.6 Å². The molecule has 3 aromatic rings. The molecule has 150 valence electrons. The first-order valence-corrected chi connectivity index (χ1v) is 10.1. The number of carbonyl (C=O) groups excluding carboxylic acids is 2. The monoisotopic (exact) mass is 409 g/mol. The zero-order chi connectivity index (χ0) is 20.8. The predicted molar refractivity (Wildman–Crippen MR) is 114 cm³/mol. The summed E-state index contributed by atoms with van der Waals surface area (Å²) in [6.45, 7) is 5.54. The molecule has 1 atom stereocenters. The Morgan fingerprint density at radius 3 is 2.45 bits per heavy atom. The molecule has 7 nitrogen and oxygen atoms in total. The van der Waals surface area contributed by atoms with Crippen LogP contribution in [0.25, 0.3) is 5.69 Å². The van der Waals surface area contributed by atoms with Crippen LogP contribution in [0, 0.1) is 13.8 Å². The van der Waals surface area contributed by atoms with Gasteiger partial charge in [0, 0.05) is 11.4 Å². The van der Waals surface area contributed by atoms with Crippen molar-refractivity contribution in [2.45, 2.75) is 31.2 Å². The lowest BCUT2D eigenvalue weighted by atomic mass is 10.1. The largest absolute Gasteiger partial charge is 0.346 e. The highest BCUT2D eigenvalue weighted by atomic mass is 32.2. The quantitative estimate of drug-likeness (QED) is 0.585. The Morgan fingerprint density at radius 2 is 1.76 bits per heavy atom. The van der Waals surface area contributed by atoms with Crippen molar-refractivity contribution in [3.8, 4) is 5.69 Å². The van der Waals surface area contributed by atoms with Gasteiger partial charge in [-0.15, -0.1) is 10.2 Å². The number of benzene rings is 2. The van der Waals surface area contributed by atoms with Crippen molar-refractivity contribution in [3.05, 3.63) is 66.0 Å². The zero-order valence-electron chi connectivity index (χ0n) is 16.5. The summed E-state index contributed by atoms with van der Waals surface area (Å²) in [5, 5.41) is 13.8. The number of nitrogens with zero attached hydrogens (tertiary/aromatic N) is 3. The lowest BCUT2D eigenvalue weighted by Crippen LogP contribution is -2.37. The maximum absolute atomic E-state index is 12.4. The Balaban J connectivity index is 1.55. The Labute approximate surface area is 173 Å². The van der Waals surface area contributed by atoms with Crippen molar-refractivity contribution in [2.75, 3.05) is 11.9 Å². The summed E-state index contributed by atoms with van der Waals surface area (Å²) in [6.07, 6.45) is 1.61. The van der Waals surface area contributed by atoms with Gasteiger partial charge >= 0.3 is 0 Å². The van der Waals surface area contributed by atoms with E-state index in [2.05, 4.69) is 20.8 Å². The molecule has 0 bridgehead atoms. The molecule has 0 aliphatic rings. The van der Waals surface area contributed by atoms with E-state index in [0.29, 0.717) is 5.16 Å². The van der Waals surface area contributed by atoms with Crippen molar-refractivity contribution in [2.24, 2.45) is 0 Å². The van der Waals surface area contributed by atoms with Crippen LogP contribution in [0.1, 0.15) is 18.1 Å². The van der Waals surface area contributed by atoms with E-state index in [1.54, 1.807) is 13.3 Å². The second kappa shape index (κ2) is 9.38. The molecule has 0 spiro atoms. The predicted octanol–water partition coefficient (Wildman–Crippen LogP) is 3.12. The molecule has 3 rings (SSSR count). The molecule has 8 heteroatoms. The number of nitrogens with one attached hydrogen (secondary N) is 2. The molecule has 29 heavy (non-hydrogen) atoms. The van der Waals surface area contributed by atoms with Crippen LogP contribution >= 0.6 is 11.8 Å². The molecule has 1 aromatic heterocycles. The van der Waals surface area contributed by atoms with Crippen LogP contribution in [-0.4, -0.2) is 38.4 Å². The van der Waals surface area contributed by atoms with Crippen molar-refractivity contribution in [3.63, 3.8) is 0 Å². The van der Waals surface area contributed by atoms with E-state index in [4.69, 9.17) is 0 Å². The highest BCUT2D eigenvalue weighted by molar-refractivity contribution is 8.00. The van der Waals surface area contributed by atoms with Crippen LogP contribution in [0.4, 0.5) is 5.69 Å². The summed E-state index contributed by atoms with van der Waals surface area (Å²) in [5.41, 5.74) is 3.66. The molecule has 0 aliphatic heterocycles. The SMILES string of the molecule is Cc1cccc(C)c1NC(=O)CNC(=O)[C@H](C)Sc1nncn1-c1ccccc1. The third-order valence-electron chi connectivity index (χ3n) is 4.37. The van der Waals surface area contributed by atoms with Gasteiger partial charge in [-0.2, -0.15) is 0 Å². The minimum atomic E-state index is -0.436. The van der Waals surface area contributed by atoms with Gasteiger partial charge in [0.1, 0.15) is 6.33 Å². The van der Waals surface area contributed by atoms with Gasteiger partial charge in [-0.1, -0.05) is 48.2 Å². The fraction of sp³-hybridized carbons (Fsp3) is 0.238. The summed E-state index contributed by atoms with van der Waals surface area (Å²) in [4.78, 5) is 24.7. The molecule has 0 saturated carbocycles. The molecule has 0 saturated heterocycles. The number of rotatable bonds is 7. The highest BCUT2D eigenvalue weighted by Crippen LogP contribution is 2.24. The number of hydrogen-bond acceptors (Lipinski definition) is 5. The molecule has 0 unspecified atom stereocenters. The Bertz CT molecular complexity index is 983. The molecule has 2 N–H and O–H groups in total. The maximum Gasteiger partial charge on any atom is 0.243 e. The molecule has 0 radical (unpaired) electrons. The molecule has 0 fully saturated rings. The maximum atomic E-state index is 12.4. The van der Waals surface area contributed by atoms with E-state index < -0.39 is 5.25 Å². The summed E-state index contributed by atoms with van der Waals surface area (Å²) >= 11 is 1.29. The first-order valence-electron chi connectivity index (χ1n) is 9.21. The van der Waals surface area contributed by atoms with E-state index >= 15 is 0 Å². The van der Waals surface area contributed by atoms with Gasteiger partial charge in [0.25, 0.3) is 0 Å². The molecular formula is C21H23N5O2S. The standard InChI is InChI=1S/C21H23N5O2S/c1-14-8-7-9-15(2)19(14)24-18(27)12-22-20(28)16(3)29-21-25-23-13-26(21)17-10-5-4-6-11-17/h4-11,13,16H,12H2,1-3H3,(H,22,28)(H,24,27)/t16-/m0/s1. The summed E-state index contributed by atoms with van der Waals surface area (Å²) in [6, 6.07) is 15.5. The summed E-state index contributed by atoms with van der Waals surface area (Å²) in [5.74, 6) is -0.505. The molecule has 2 aromatic carbocycles. The van der Waals surface area contributed by atoms with E-state index in [1.165, 1.54) is 11.8 Å². The van der Waals surface area contributed by atoms with Crippen molar-refractivity contribution < 1.29 is 9.59 Å². The Kier molecular flexibility index (Phi) is 6.66. The topological polar surface area (TPSA) is 88.9 Å². The van der Waals surface area contributed by atoms with E-state index in [-0.39, 0.29) is 18.4 Å². The van der Waals surface area contributed by atoms with E-state index in [9.17, 15) is 9.59 Å². The van der Waals surface area contributed by atoms with Gasteiger partial charge in [-0.3, -0.25) is 14.2 Å². The number of hydrogen-bond donors (Lipinski definition) is 2. The summed E-state index contributed by atoms with van der Waals surface area (Å²) in [7, 11) is 0. The smallest absolute Gasteiger partial charge is 0.243 e. The number of thioether (sulfide) groups is 1. The molecule has 1 heterocycles. The molecular weight excluding hydrogens is 386 g/mol. The van der Waals surface area contributed by atoms with Crippen LogP contribution in [0.5, 0.6) is 0 Å². The van der Waals surface area contributed by atoms with Gasteiger partial charge in [-0.05, 0) is 44.0 Å². The number of aryl methyl sites for hydroxylation is 2. The molecule has 0 aliphatic carbocycles. The number of carbonyl (C=O) groups is 2. The van der Waals surface area contributed by atoms with Crippen LogP contribution in [0.3, 0.4) is 0 Å². The van der Waals surface area contributed by atoms with Gasteiger partial charge in [0.15, 0.2) is 5.16 Å². The normalized spacial score (nSPS) is 11.7. The number of aromatic nitrogens is 3. The fourth-order valence-corrected chi connectivity index (χ4v) is 3.66. The number of anilines is 1. The lowest BCUT2D eigenvalue weighted by Gasteiger charge is -2.14. The first kappa shape index (κ1) is 20.6. The highest BCUT2D eigenvalue weighted by Gasteiger charge is 2.19. The lowest BCUT2D eigenvalue weighted by molar-refractivity contribution is -0.123. The minimum absolute atomic E-state index is 0.0944. The van der Waals surface area contributed by atoms with Crippen molar-refractivity contribution in [1.29, 1.82) is 0 Å². The van der Waals surface area contributed by atoms with Crippen LogP contribution in [0.15, 0.2) is 60.0 Å². The zero-order valence-corrected chi connectivity index (χ0v) is 17.4. The average molecular weight is 410 g/mol. The van der Waals surface area contributed by atoms with Crippen LogP contribution < -0.4 is 10.6 Å². The minimum Gasteiger partial charge on any atom is -0.346 e. The summed E-state index contributed by atoms with van der Waals surface area (Å²) < 4.78 is 1.82. The Morgan fingerprint density at radius 1 is 1.07 bits per heavy atom. The fourth-order valence-electron chi connectivity index (χ4n) is 2.79. The first-order chi connectivity index (χ1) is 14.0. The van der Waals surface area contributed by atoms with E-state index in [0.717, 1.165) is 22.5 Å². The van der Waals surface area contributed by atoms with Crippen LogP contribution in [0.2, 0.25) is 0 Å². The van der Waals surface area contributed by atoms with Crippen molar-refractivity contribution in [1.82, 2.24) is 20.1 Å². The third-order valence-corrected chi connectivity index (χ3v) is 5.43. The second-order valence-corrected chi connectivity index (χ2v) is 7.92. The van der Waals surface area contributed by atoms with Gasteiger partial charge in [-0.25, -0.2) is 0 Å². The average Bonchev–Trinajstić information content (AvgIpc) is 3.17. The third kappa shape index (κ3) is 5.23. The second-order valence-electron chi connectivity index (χ2n) is 6.61. The Hall–Kier alpha value is -3.13. The van der Waals surface area contributed by atoms with E-state index in [1.807, 2.05) is 66.9 Å². The van der Waals surface area contributed by atoms with Crippen molar-refractivity contribution >= 4 is 29.3 Å². The van der Waals surface area contributed by atoms with Gasteiger partial charge in [0.05, 0.1) is 11.8 Å². The molecule has 2 amide bonds. The number of amides is 2. The van der Waals surface area contributed by atoms with Crippen LogP contribution in [-0.2, 0) is 9.59 Å². The van der Waals surface area contributed by atoms with Gasteiger partial charge in [0.2, 0.25) is 11.8 Å².